The van der Waals surface area contributed by atoms with Crippen LogP contribution in [-0.4, -0.2) is 52.3 Å². The maximum absolute atomic E-state index is 11.2. The third-order valence-corrected chi connectivity index (χ3v) is 5.01. The van der Waals surface area contributed by atoms with Gasteiger partial charge in [-0.05, 0) is 32.2 Å². The van der Waals surface area contributed by atoms with Gasteiger partial charge in [0, 0.05) is 47.5 Å². The van der Waals surface area contributed by atoms with Crippen molar-refractivity contribution < 1.29 is 4.21 Å². The van der Waals surface area contributed by atoms with Gasteiger partial charge in [-0.2, -0.15) is 0 Å². The monoisotopic (exact) mass is 258 g/mol. The molecule has 100 valence electrons. The summed E-state index contributed by atoms with van der Waals surface area (Å²) in [5.74, 6) is 0.846. The second kappa shape index (κ2) is 6.30. The number of fused-ring (bicyclic) bond motifs is 2. The van der Waals surface area contributed by atoms with Crippen molar-refractivity contribution in [2.24, 2.45) is 0 Å². The van der Waals surface area contributed by atoms with Gasteiger partial charge >= 0.3 is 0 Å². The van der Waals surface area contributed by atoms with Crippen LogP contribution in [0, 0.1) is 0 Å². The molecule has 1 N–H and O–H groups in total. The first-order chi connectivity index (χ1) is 8.20. The maximum atomic E-state index is 11.2. The van der Waals surface area contributed by atoms with Gasteiger partial charge in [-0.3, -0.25) is 9.11 Å². The van der Waals surface area contributed by atoms with E-state index >= 15 is 0 Å². The van der Waals surface area contributed by atoms with Gasteiger partial charge in [-0.1, -0.05) is 13.3 Å². The Bertz CT molecular complexity index is 258. The highest BCUT2D eigenvalue weighted by atomic mass is 32.2. The van der Waals surface area contributed by atoms with Crippen molar-refractivity contribution in [1.29, 1.82) is 0 Å². The summed E-state index contributed by atoms with van der Waals surface area (Å²) in [6, 6.07) is 2.21. The fourth-order valence-electron chi connectivity index (χ4n) is 3.53. The van der Waals surface area contributed by atoms with Crippen molar-refractivity contribution in [3.63, 3.8) is 0 Å². The summed E-state index contributed by atoms with van der Waals surface area (Å²) in [6.07, 6.45) is 8.48. The molecule has 4 heteroatoms. The summed E-state index contributed by atoms with van der Waals surface area (Å²) >= 11 is 0. The Kier molecular flexibility index (Phi) is 5.00. The maximum Gasteiger partial charge on any atom is 0.0359 e. The molecule has 0 aromatic carbocycles. The Balaban J connectivity index is 1.92. The molecule has 0 amide bonds. The van der Waals surface area contributed by atoms with Crippen molar-refractivity contribution in [3.05, 3.63) is 0 Å². The van der Waals surface area contributed by atoms with E-state index < -0.39 is 10.8 Å². The standard InChI is InChI=1S/C13H26N2OS/c1-3-14-11-9-12-5-4-6-13(10-11)15(12)7-8-17(2)16/h11-14H,3-10H2,1-2H3. The van der Waals surface area contributed by atoms with Crippen molar-refractivity contribution in [2.75, 3.05) is 25.1 Å². The normalized spacial score (nSPS) is 35.8. The fraction of sp³-hybridized carbons (Fsp3) is 1.00. The SMILES string of the molecule is CCNC1CC2CCCC(C1)N2CCS(C)=O. The highest BCUT2D eigenvalue weighted by Gasteiger charge is 2.37. The molecule has 2 aliphatic heterocycles. The quantitative estimate of drug-likeness (QED) is 0.808. The van der Waals surface area contributed by atoms with Crippen LogP contribution in [0.5, 0.6) is 0 Å². The lowest BCUT2D eigenvalue weighted by atomic mass is 9.82. The number of rotatable bonds is 5. The summed E-state index contributed by atoms with van der Waals surface area (Å²) in [5.41, 5.74) is 0. The first kappa shape index (κ1) is 13.5. The van der Waals surface area contributed by atoms with E-state index in [4.69, 9.17) is 0 Å². The predicted molar refractivity (Wildman–Crippen MR) is 73.8 cm³/mol. The molecule has 2 aliphatic rings. The lowest BCUT2D eigenvalue weighted by Gasteiger charge is -2.49. The topological polar surface area (TPSA) is 32.3 Å². The lowest BCUT2D eigenvalue weighted by molar-refractivity contribution is 0.0305. The Hall–Kier alpha value is 0.0700. The van der Waals surface area contributed by atoms with Gasteiger partial charge in [-0.25, -0.2) is 0 Å². The van der Waals surface area contributed by atoms with Gasteiger partial charge < -0.3 is 5.32 Å². The first-order valence-electron chi connectivity index (χ1n) is 7.00. The first-order valence-corrected chi connectivity index (χ1v) is 8.72. The molecule has 3 atom stereocenters. The molecule has 0 aromatic heterocycles. The Labute approximate surface area is 108 Å². The zero-order valence-electron chi connectivity index (χ0n) is 11.2. The van der Waals surface area contributed by atoms with Crippen LogP contribution in [0.1, 0.15) is 39.0 Å². The minimum atomic E-state index is -0.644. The molecule has 3 nitrogen and oxygen atoms in total. The van der Waals surface area contributed by atoms with Crippen LogP contribution in [0.25, 0.3) is 0 Å². The zero-order valence-corrected chi connectivity index (χ0v) is 12.0. The van der Waals surface area contributed by atoms with E-state index in [0.29, 0.717) is 0 Å². The number of hydrogen-bond donors (Lipinski definition) is 1. The average molecular weight is 258 g/mol. The summed E-state index contributed by atoms with van der Waals surface area (Å²) in [4.78, 5) is 2.65. The number of piperidine rings is 2. The summed E-state index contributed by atoms with van der Waals surface area (Å²) in [7, 11) is -0.644. The molecule has 3 unspecified atom stereocenters. The van der Waals surface area contributed by atoms with Crippen molar-refractivity contribution in [3.8, 4) is 0 Å². The second-order valence-corrected chi connectivity index (χ2v) is 7.03. The summed E-state index contributed by atoms with van der Waals surface area (Å²) < 4.78 is 11.2. The molecule has 2 fully saturated rings. The predicted octanol–water partition coefficient (Wildman–Crippen LogP) is 1.36. The van der Waals surface area contributed by atoms with Crippen LogP contribution in [0.15, 0.2) is 0 Å². The molecule has 0 aliphatic carbocycles. The van der Waals surface area contributed by atoms with Crippen LogP contribution in [0.3, 0.4) is 0 Å². The van der Waals surface area contributed by atoms with Crippen LogP contribution >= 0.6 is 0 Å². The smallest absolute Gasteiger partial charge is 0.0359 e. The average Bonchev–Trinajstić information content (AvgIpc) is 2.26. The molecule has 2 rings (SSSR count). The van der Waals surface area contributed by atoms with E-state index in [0.717, 1.165) is 37.0 Å². The fourth-order valence-corrected chi connectivity index (χ4v) is 4.00. The minimum absolute atomic E-state index is 0.644. The van der Waals surface area contributed by atoms with Crippen LogP contribution in [0.2, 0.25) is 0 Å². The van der Waals surface area contributed by atoms with Gasteiger partial charge in [0.05, 0.1) is 0 Å². The molecular formula is C13H26N2OS. The third kappa shape index (κ3) is 3.52. The van der Waals surface area contributed by atoms with E-state index in [9.17, 15) is 4.21 Å². The van der Waals surface area contributed by atoms with E-state index in [2.05, 4.69) is 17.1 Å². The van der Waals surface area contributed by atoms with Crippen LogP contribution in [-0.2, 0) is 10.8 Å². The van der Waals surface area contributed by atoms with Gasteiger partial charge in [0.2, 0.25) is 0 Å². The van der Waals surface area contributed by atoms with Crippen molar-refractivity contribution >= 4 is 10.8 Å². The summed E-state index contributed by atoms with van der Waals surface area (Å²) in [6.45, 7) is 4.32. The van der Waals surface area contributed by atoms with Gasteiger partial charge in [-0.15, -0.1) is 0 Å². The molecule has 0 saturated carbocycles. The van der Waals surface area contributed by atoms with Gasteiger partial charge in [0.15, 0.2) is 0 Å². The molecule has 2 saturated heterocycles. The summed E-state index contributed by atoms with van der Waals surface area (Å²) in [5, 5.41) is 3.61. The van der Waals surface area contributed by atoms with E-state index in [1.807, 2.05) is 6.26 Å². The second-order valence-electron chi connectivity index (χ2n) is 5.48. The molecule has 2 bridgehead atoms. The van der Waals surface area contributed by atoms with Crippen molar-refractivity contribution in [2.45, 2.75) is 57.2 Å². The lowest BCUT2D eigenvalue weighted by Crippen LogP contribution is -2.56. The number of hydrogen-bond acceptors (Lipinski definition) is 3. The van der Waals surface area contributed by atoms with E-state index in [1.54, 1.807) is 0 Å². The molecule has 0 radical (unpaired) electrons. The molecule has 0 aromatic rings. The van der Waals surface area contributed by atoms with E-state index in [-0.39, 0.29) is 0 Å². The Morgan fingerprint density at radius 2 is 1.94 bits per heavy atom. The largest absolute Gasteiger partial charge is 0.314 e. The Morgan fingerprint density at radius 3 is 2.47 bits per heavy atom. The number of nitrogens with one attached hydrogen (secondary N) is 1. The zero-order chi connectivity index (χ0) is 12.3. The molecule has 17 heavy (non-hydrogen) atoms. The van der Waals surface area contributed by atoms with Crippen LogP contribution in [0.4, 0.5) is 0 Å². The Morgan fingerprint density at radius 1 is 1.29 bits per heavy atom. The number of nitrogens with zero attached hydrogens (tertiary/aromatic N) is 1. The van der Waals surface area contributed by atoms with Gasteiger partial charge in [0.25, 0.3) is 0 Å². The molecule has 0 spiro atoms. The minimum Gasteiger partial charge on any atom is -0.314 e. The van der Waals surface area contributed by atoms with Gasteiger partial charge in [0.1, 0.15) is 0 Å². The third-order valence-electron chi connectivity index (χ3n) is 4.26. The van der Waals surface area contributed by atoms with E-state index in [1.165, 1.54) is 32.1 Å². The molecular weight excluding hydrogens is 232 g/mol. The van der Waals surface area contributed by atoms with Crippen LogP contribution < -0.4 is 5.32 Å². The highest BCUT2D eigenvalue weighted by molar-refractivity contribution is 7.84. The molecule has 2 heterocycles. The van der Waals surface area contributed by atoms with Crippen molar-refractivity contribution in [1.82, 2.24) is 10.2 Å². The highest BCUT2D eigenvalue weighted by Crippen LogP contribution is 2.33.